The first-order valence-electron chi connectivity index (χ1n) is 28.0. The zero-order valence-electron chi connectivity index (χ0n) is 45.4. The lowest BCUT2D eigenvalue weighted by Crippen LogP contribution is -2.68. The lowest BCUT2D eigenvalue weighted by molar-refractivity contribution is -0.306. The fourth-order valence-electron chi connectivity index (χ4n) is 11.5. The quantitative estimate of drug-likeness (QED) is 0.0352. The van der Waals surface area contributed by atoms with Crippen LogP contribution in [0.5, 0.6) is 5.75 Å². The van der Waals surface area contributed by atoms with E-state index in [1.54, 1.807) is 6.20 Å². The molecule has 19 atom stereocenters. The Bertz CT molecular complexity index is 3050. The van der Waals surface area contributed by atoms with Gasteiger partial charge in [-0.25, -0.2) is 14.6 Å². The number of hydrogen-bond acceptors (Lipinski definition) is 25. The van der Waals surface area contributed by atoms with E-state index in [0.717, 1.165) is 77.4 Å². The lowest BCUT2D eigenvalue weighted by Gasteiger charge is -2.47. The smallest absolute Gasteiger partial charge is 0.187 e. The first kappa shape index (κ1) is 58.4. The number of unbranched alkanes of at least 4 members (excludes halogenated alkanes) is 1. The topological polar surface area (TPSA) is 437 Å². The Kier molecular flexibility index (Phi) is 17.8. The Hall–Kier alpha value is -5.42. The minimum Gasteiger partial charge on any atom is -0.494 e. The first-order valence-corrected chi connectivity index (χ1v) is 28.0. The van der Waals surface area contributed by atoms with Crippen molar-refractivity contribution in [3.63, 3.8) is 0 Å². The molecule has 7 heterocycles. The van der Waals surface area contributed by atoms with E-state index in [1.807, 2.05) is 36.4 Å². The van der Waals surface area contributed by atoms with Crippen LogP contribution in [0.4, 0.5) is 5.69 Å². The first-order chi connectivity index (χ1) is 39.5. The number of rotatable bonds is 19. The second kappa shape index (κ2) is 25.0. The lowest BCUT2D eigenvalue weighted by atomic mass is 9.84. The van der Waals surface area contributed by atoms with Crippen LogP contribution in [0.3, 0.4) is 0 Å². The Labute approximate surface area is 471 Å². The summed E-state index contributed by atoms with van der Waals surface area (Å²) in [5.74, 6) is 2.25. The van der Waals surface area contributed by atoms with Crippen molar-refractivity contribution in [3.8, 4) is 28.5 Å². The van der Waals surface area contributed by atoms with Crippen molar-refractivity contribution < 1.29 is 63.8 Å². The van der Waals surface area contributed by atoms with E-state index in [-0.39, 0.29) is 26.1 Å². The van der Waals surface area contributed by atoms with Gasteiger partial charge in [-0.05, 0) is 93.4 Å². The van der Waals surface area contributed by atoms with Crippen molar-refractivity contribution in [1.29, 1.82) is 0 Å². The van der Waals surface area contributed by atoms with Crippen LogP contribution >= 0.6 is 0 Å². The summed E-state index contributed by atoms with van der Waals surface area (Å²) in [5, 5.41) is 74.6. The maximum absolute atomic E-state index is 11.9. The standard InChI is InChI=1S/C54H77N15O13/c1-67-13-15-68(16-14-67)28-8-12-33-35(19-28)64-51(62-33)26-7-11-32-34(18-26)63-50(61-32)25-5-9-29(10-6-25)76-17-3-2-4-27-23-69(66-65-27)24-38-48(81-53-40(60)45(74)43(72)37(22-56)78-53)46(75)54(79-38)82-49-41(70)30(57)20-31(58)47(49)80-52-39(59)44(73)42(71)36(21-55)77-52/h5-12,18-19,23,30-31,36-49,52-54,70-75H,2-4,13-17,20-22,24,55-60H2,1H3,(H,61,63)(H,62,64)/t30-,31?,36?,37+,38-,39?,40?,41?,42-,43-,44-,45?,46+,47-,48?,49-,52+,53-,54+/m1/s1. The minimum atomic E-state index is -1.62. The molecule has 6 aromatic rings. The number of aromatic nitrogens is 7. The normalized spacial score (nSPS) is 34.8. The van der Waals surface area contributed by atoms with Crippen molar-refractivity contribution in [2.75, 3.05) is 57.8 Å². The van der Waals surface area contributed by atoms with Gasteiger partial charge in [0.1, 0.15) is 84.5 Å². The van der Waals surface area contributed by atoms with Gasteiger partial charge < -0.3 is 118 Å². The van der Waals surface area contributed by atoms with Gasteiger partial charge in [-0.2, -0.15) is 0 Å². The molecule has 446 valence electrons. The molecule has 11 rings (SSSR count). The Morgan fingerprint density at radius 2 is 1.20 bits per heavy atom. The summed E-state index contributed by atoms with van der Waals surface area (Å²) in [4.78, 5) is 21.5. The molecule has 3 aromatic heterocycles. The maximum Gasteiger partial charge on any atom is 0.187 e. The molecular formula is C54H77N15O13. The minimum absolute atomic E-state index is 0.0469. The third-order valence-electron chi connectivity index (χ3n) is 16.5. The third kappa shape index (κ3) is 12.2. The van der Waals surface area contributed by atoms with Gasteiger partial charge in [-0.3, -0.25) is 0 Å². The molecule has 0 bridgehead atoms. The van der Waals surface area contributed by atoms with Gasteiger partial charge in [0.25, 0.3) is 0 Å². The molecule has 0 radical (unpaired) electrons. The summed E-state index contributed by atoms with van der Waals surface area (Å²) in [7, 11) is 2.16. The maximum atomic E-state index is 11.9. The van der Waals surface area contributed by atoms with Gasteiger partial charge >= 0.3 is 0 Å². The Morgan fingerprint density at radius 1 is 0.610 bits per heavy atom. The molecule has 3 aromatic carbocycles. The molecule has 28 heteroatoms. The van der Waals surface area contributed by atoms with E-state index < -0.39 is 116 Å². The number of hydrogen-bond donors (Lipinski definition) is 14. The molecule has 5 fully saturated rings. The largest absolute Gasteiger partial charge is 0.494 e. The highest BCUT2D eigenvalue weighted by atomic mass is 16.8. The van der Waals surface area contributed by atoms with Gasteiger partial charge in [0.05, 0.1) is 59.1 Å². The van der Waals surface area contributed by atoms with E-state index in [2.05, 4.69) is 61.4 Å². The number of nitrogens with zero attached hydrogens (tertiary/aromatic N) is 7. The van der Waals surface area contributed by atoms with Crippen LogP contribution in [0.2, 0.25) is 0 Å². The molecule has 0 amide bonds. The van der Waals surface area contributed by atoms with E-state index >= 15 is 0 Å². The number of piperazine rings is 1. The Morgan fingerprint density at radius 3 is 1.85 bits per heavy atom. The molecular weight excluding hydrogens is 1070 g/mol. The second-order valence-electron chi connectivity index (χ2n) is 22.2. The molecule has 82 heavy (non-hydrogen) atoms. The van der Waals surface area contributed by atoms with Crippen LogP contribution in [-0.2, 0) is 41.4 Å². The number of aryl methyl sites for hydroxylation is 1. The van der Waals surface area contributed by atoms with E-state index in [9.17, 15) is 30.6 Å². The number of imidazole rings is 2. The summed E-state index contributed by atoms with van der Waals surface area (Å²) in [5.41, 5.74) is 44.4. The second-order valence-corrected chi connectivity index (χ2v) is 22.2. The van der Waals surface area contributed by atoms with E-state index in [0.29, 0.717) is 30.9 Å². The number of aliphatic hydroxyl groups is 6. The monoisotopic (exact) mass is 1140 g/mol. The molecule has 20 N–H and O–H groups in total. The highest BCUT2D eigenvalue weighted by Crippen LogP contribution is 2.36. The van der Waals surface area contributed by atoms with Crippen molar-refractivity contribution in [1.82, 2.24) is 39.8 Å². The number of ether oxygens (including phenoxy) is 7. The SMILES string of the molecule is CN1CCN(c2ccc3nc(-c4ccc5nc(-c6ccc(OCCCCc7cn(C[C@H]8O[C@@H](O[C@@H]9C(O)[C@H](N)CC(N)[C@H]9O[C@@H]9OC(CN)[C@@H](O)[C@H](O)C9N)[C@@H](O)C8O[C@H]8O[C@@H](CN)[C@@H](O)C(O)C8N)nn7)cc6)[nH]c5c4)[nH]c3c2)CC1. The Balaban J connectivity index is 0.698. The fourth-order valence-corrected chi connectivity index (χ4v) is 11.5. The number of benzene rings is 3. The predicted molar refractivity (Wildman–Crippen MR) is 296 cm³/mol. The average Bonchev–Trinajstić information content (AvgIpc) is 4.47. The molecule has 0 spiro atoms. The van der Waals surface area contributed by atoms with Gasteiger partial charge in [-0.15, -0.1) is 5.10 Å². The molecule has 7 unspecified atom stereocenters. The van der Waals surface area contributed by atoms with Gasteiger partial charge in [0, 0.05) is 74.4 Å². The van der Waals surface area contributed by atoms with Crippen LogP contribution in [0.15, 0.2) is 66.9 Å². The van der Waals surface area contributed by atoms with Gasteiger partial charge in [0.15, 0.2) is 18.9 Å². The number of H-pyrrole nitrogens is 2. The number of nitrogens with two attached hydrogens (primary N) is 6. The van der Waals surface area contributed by atoms with Gasteiger partial charge in [-0.1, -0.05) is 5.21 Å². The highest BCUT2D eigenvalue weighted by Gasteiger charge is 2.55. The molecule has 4 aliphatic heterocycles. The van der Waals surface area contributed by atoms with Gasteiger partial charge in [0.2, 0.25) is 0 Å². The van der Waals surface area contributed by atoms with E-state index in [4.69, 9.17) is 77.5 Å². The summed E-state index contributed by atoms with van der Waals surface area (Å²) >= 11 is 0. The van der Waals surface area contributed by atoms with Crippen molar-refractivity contribution >= 4 is 27.8 Å². The number of likely N-dealkylation sites (N-methyl/N-ethyl adjacent to an activating group) is 1. The van der Waals surface area contributed by atoms with Crippen LogP contribution < -0.4 is 44.0 Å². The number of aromatic amines is 2. The fraction of sp³-hybridized carbons (Fsp3) is 0.593. The summed E-state index contributed by atoms with van der Waals surface area (Å²) in [6.07, 6.45) is -16.3. The van der Waals surface area contributed by atoms with Crippen molar-refractivity contribution in [2.24, 2.45) is 34.4 Å². The highest BCUT2D eigenvalue weighted by molar-refractivity contribution is 5.87. The van der Waals surface area contributed by atoms with Crippen LogP contribution in [-0.4, -0.2) is 240 Å². The van der Waals surface area contributed by atoms with Crippen molar-refractivity contribution in [2.45, 2.75) is 149 Å². The predicted octanol–water partition coefficient (Wildman–Crippen LogP) is -3.36. The van der Waals surface area contributed by atoms with Crippen LogP contribution in [0.1, 0.15) is 25.0 Å². The van der Waals surface area contributed by atoms with Crippen LogP contribution in [0.25, 0.3) is 44.8 Å². The third-order valence-corrected chi connectivity index (χ3v) is 16.5. The van der Waals surface area contributed by atoms with Crippen LogP contribution in [0, 0.1) is 0 Å². The molecule has 1 aliphatic carbocycles. The molecule has 1 saturated carbocycles. The summed E-state index contributed by atoms with van der Waals surface area (Å²) in [6, 6.07) is 16.0. The summed E-state index contributed by atoms with van der Waals surface area (Å²) in [6.45, 7) is 4.13. The average molecular weight is 1140 g/mol. The number of anilines is 1. The number of nitrogens with one attached hydrogen (secondary N) is 2. The van der Waals surface area contributed by atoms with E-state index in [1.165, 1.54) is 10.4 Å². The molecule has 28 nitrogen and oxygen atoms in total. The zero-order chi connectivity index (χ0) is 57.5. The molecule has 5 aliphatic rings. The number of aliphatic hydroxyl groups excluding tert-OH is 6. The summed E-state index contributed by atoms with van der Waals surface area (Å²) < 4.78 is 44.4. The zero-order valence-corrected chi connectivity index (χ0v) is 45.4. The number of fused-ring (bicyclic) bond motifs is 2. The van der Waals surface area contributed by atoms with Crippen molar-refractivity contribution in [3.05, 3.63) is 72.6 Å². The molecule has 4 saturated heterocycles.